The second-order valence-corrected chi connectivity index (χ2v) is 5.49. The SMILES string of the molecule is CCC(CC)(CO)CNCC(c1ccco1)N(C)C. The van der Waals surface area contributed by atoms with Gasteiger partial charge in [0, 0.05) is 25.1 Å². The Morgan fingerprint density at radius 3 is 2.47 bits per heavy atom. The monoisotopic (exact) mass is 268 g/mol. The molecule has 1 heterocycles. The van der Waals surface area contributed by atoms with E-state index < -0.39 is 0 Å². The molecule has 0 saturated carbocycles. The van der Waals surface area contributed by atoms with Gasteiger partial charge >= 0.3 is 0 Å². The molecule has 1 rings (SSSR count). The summed E-state index contributed by atoms with van der Waals surface area (Å²) in [6, 6.07) is 4.15. The fourth-order valence-corrected chi connectivity index (χ4v) is 2.27. The van der Waals surface area contributed by atoms with Crippen LogP contribution in [0.1, 0.15) is 38.5 Å². The van der Waals surface area contributed by atoms with Gasteiger partial charge in [-0.3, -0.25) is 4.90 Å². The summed E-state index contributed by atoms with van der Waals surface area (Å²) in [5, 5.41) is 13.1. The minimum atomic E-state index is 0.0000267. The summed E-state index contributed by atoms with van der Waals surface area (Å²) in [4.78, 5) is 2.14. The van der Waals surface area contributed by atoms with Gasteiger partial charge in [0.15, 0.2) is 0 Å². The summed E-state index contributed by atoms with van der Waals surface area (Å²) < 4.78 is 5.49. The van der Waals surface area contributed by atoms with Crippen LogP contribution in [0.3, 0.4) is 0 Å². The predicted molar refractivity (Wildman–Crippen MR) is 78.1 cm³/mol. The molecule has 1 atom stereocenters. The number of aliphatic hydroxyl groups is 1. The number of furan rings is 1. The van der Waals surface area contributed by atoms with Gasteiger partial charge in [0.05, 0.1) is 12.3 Å². The maximum atomic E-state index is 9.57. The molecule has 0 aliphatic rings. The second kappa shape index (κ2) is 7.68. The van der Waals surface area contributed by atoms with Gasteiger partial charge in [0.2, 0.25) is 0 Å². The van der Waals surface area contributed by atoms with Crippen molar-refractivity contribution in [2.75, 3.05) is 33.8 Å². The van der Waals surface area contributed by atoms with Gasteiger partial charge in [-0.2, -0.15) is 0 Å². The lowest BCUT2D eigenvalue weighted by Gasteiger charge is -2.31. The van der Waals surface area contributed by atoms with Crippen LogP contribution in [0.5, 0.6) is 0 Å². The van der Waals surface area contributed by atoms with Crippen LogP contribution in [0, 0.1) is 5.41 Å². The van der Waals surface area contributed by atoms with E-state index in [2.05, 4.69) is 24.1 Å². The maximum Gasteiger partial charge on any atom is 0.122 e. The lowest BCUT2D eigenvalue weighted by atomic mass is 9.83. The highest BCUT2D eigenvalue weighted by Crippen LogP contribution is 2.25. The third kappa shape index (κ3) is 4.34. The Balaban J connectivity index is 2.54. The molecule has 0 radical (unpaired) electrons. The highest BCUT2D eigenvalue weighted by molar-refractivity contribution is 5.05. The lowest BCUT2D eigenvalue weighted by Crippen LogP contribution is -2.40. The Hall–Kier alpha value is -0.840. The molecule has 0 aromatic carbocycles. The molecule has 4 heteroatoms. The third-order valence-corrected chi connectivity index (χ3v) is 4.17. The van der Waals surface area contributed by atoms with Crippen molar-refractivity contribution < 1.29 is 9.52 Å². The molecule has 1 aromatic rings. The maximum absolute atomic E-state index is 9.57. The lowest BCUT2D eigenvalue weighted by molar-refractivity contribution is 0.110. The van der Waals surface area contributed by atoms with Gasteiger partial charge in [-0.25, -0.2) is 0 Å². The van der Waals surface area contributed by atoms with Gasteiger partial charge in [0.25, 0.3) is 0 Å². The fraction of sp³-hybridized carbons (Fsp3) is 0.733. The number of aliphatic hydroxyl groups excluding tert-OH is 1. The number of nitrogens with one attached hydrogen (secondary N) is 1. The zero-order valence-corrected chi connectivity index (χ0v) is 12.6. The van der Waals surface area contributed by atoms with Gasteiger partial charge in [-0.05, 0) is 39.1 Å². The average molecular weight is 268 g/mol. The molecule has 2 N–H and O–H groups in total. The zero-order valence-electron chi connectivity index (χ0n) is 12.6. The van der Waals surface area contributed by atoms with Crippen LogP contribution < -0.4 is 5.32 Å². The number of nitrogens with zero attached hydrogens (tertiary/aromatic N) is 1. The van der Waals surface area contributed by atoms with Crippen molar-refractivity contribution in [3.8, 4) is 0 Å². The fourth-order valence-electron chi connectivity index (χ4n) is 2.27. The molecule has 4 nitrogen and oxygen atoms in total. The van der Waals surface area contributed by atoms with E-state index in [-0.39, 0.29) is 18.1 Å². The van der Waals surface area contributed by atoms with Crippen LogP contribution >= 0.6 is 0 Å². The van der Waals surface area contributed by atoms with Crippen molar-refractivity contribution in [2.45, 2.75) is 32.7 Å². The Bertz CT molecular complexity index is 324. The molecule has 1 unspecified atom stereocenters. The van der Waals surface area contributed by atoms with Crippen molar-refractivity contribution in [1.29, 1.82) is 0 Å². The summed E-state index contributed by atoms with van der Waals surface area (Å²) in [5.74, 6) is 0.972. The van der Waals surface area contributed by atoms with E-state index in [0.717, 1.165) is 31.7 Å². The summed E-state index contributed by atoms with van der Waals surface area (Å²) in [7, 11) is 4.10. The highest BCUT2D eigenvalue weighted by atomic mass is 16.3. The molecule has 0 aliphatic heterocycles. The first-order chi connectivity index (χ1) is 9.08. The van der Waals surface area contributed by atoms with Gasteiger partial charge in [-0.1, -0.05) is 13.8 Å². The van der Waals surface area contributed by atoms with Crippen molar-refractivity contribution in [1.82, 2.24) is 10.2 Å². The highest BCUT2D eigenvalue weighted by Gasteiger charge is 2.25. The number of rotatable bonds is 9. The van der Waals surface area contributed by atoms with Crippen LogP contribution in [0.25, 0.3) is 0 Å². The van der Waals surface area contributed by atoms with Crippen molar-refractivity contribution in [3.63, 3.8) is 0 Å². The minimum absolute atomic E-state index is 0.0000267. The topological polar surface area (TPSA) is 48.6 Å². The molecule has 0 amide bonds. The molecule has 110 valence electrons. The Kier molecular flexibility index (Phi) is 6.55. The smallest absolute Gasteiger partial charge is 0.122 e. The zero-order chi connectivity index (χ0) is 14.3. The summed E-state index contributed by atoms with van der Waals surface area (Å²) in [6.07, 6.45) is 3.68. The van der Waals surface area contributed by atoms with E-state index >= 15 is 0 Å². The van der Waals surface area contributed by atoms with Crippen molar-refractivity contribution in [2.24, 2.45) is 5.41 Å². The van der Waals surface area contributed by atoms with Gasteiger partial charge in [-0.15, -0.1) is 0 Å². The summed E-state index contributed by atoms with van der Waals surface area (Å²) in [5.41, 5.74) is 0.0000267. The minimum Gasteiger partial charge on any atom is -0.468 e. The van der Waals surface area contributed by atoms with Crippen LogP contribution in [-0.2, 0) is 0 Å². The summed E-state index contributed by atoms with van der Waals surface area (Å²) >= 11 is 0. The molecular weight excluding hydrogens is 240 g/mol. The van der Waals surface area contributed by atoms with Crippen LogP contribution in [0.15, 0.2) is 22.8 Å². The first-order valence-corrected chi connectivity index (χ1v) is 7.10. The second-order valence-electron chi connectivity index (χ2n) is 5.49. The molecule has 0 saturated heterocycles. The van der Waals surface area contributed by atoms with E-state index in [1.807, 2.05) is 26.2 Å². The van der Waals surface area contributed by atoms with E-state index in [1.54, 1.807) is 6.26 Å². The average Bonchev–Trinajstić information content (AvgIpc) is 2.93. The number of hydrogen-bond donors (Lipinski definition) is 2. The predicted octanol–water partition coefficient (Wildman–Crippen LogP) is 2.27. The molecule has 0 bridgehead atoms. The molecule has 0 spiro atoms. The standard InChI is InChI=1S/C15H28N2O2/c1-5-15(6-2,12-18)11-16-10-13(17(3)4)14-8-7-9-19-14/h7-9,13,16,18H,5-6,10-12H2,1-4H3. The Morgan fingerprint density at radius 2 is 2.05 bits per heavy atom. The molecule has 1 aromatic heterocycles. The third-order valence-electron chi connectivity index (χ3n) is 4.17. The van der Waals surface area contributed by atoms with Crippen LogP contribution in [0.4, 0.5) is 0 Å². The van der Waals surface area contributed by atoms with E-state index in [9.17, 15) is 5.11 Å². The number of hydrogen-bond acceptors (Lipinski definition) is 4. The molecule has 0 aliphatic carbocycles. The molecule has 19 heavy (non-hydrogen) atoms. The van der Waals surface area contributed by atoms with Crippen molar-refractivity contribution in [3.05, 3.63) is 24.2 Å². The molecular formula is C15H28N2O2. The van der Waals surface area contributed by atoms with Crippen LogP contribution in [-0.4, -0.2) is 43.8 Å². The largest absolute Gasteiger partial charge is 0.468 e. The van der Waals surface area contributed by atoms with E-state index in [0.29, 0.717) is 0 Å². The summed E-state index contributed by atoms with van der Waals surface area (Å²) in [6.45, 7) is 6.17. The van der Waals surface area contributed by atoms with Gasteiger partial charge in [0.1, 0.15) is 5.76 Å². The first-order valence-electron chi connectivity index (χ1n) is 7.10. The van der Waals surface area contributed by atoms with Gasteiger partial charge < -0.3 is 14.8 Å². The normalized spacial score (nSPS) is 14.0. The Labute approximate surface area is 116 Å². The first kappa shape index (κ1) is 16.2. The van der Waals surface area contributed by atoms with Crippen molar-refractivity contribution >= 4 is 0 Å². The van der Waals surface area contributed by atoms with E-state index in [1.165, 1.54) is 0 Å². The van der Waals surface area contributed by atoms with E-state index in [4.69, 9.17) is 4.42 Å². The number of likely N-dealkylation sites (N-methyl/N-ethyl adjacent to an activating group) is 1. The molecule has 0 fully saturated rings. The Morgan fingerprint density at radius 1 is 1.37 bits per heavy atom. The van der Waals surface area contributed by atoms with Crippen LogP contribution in [0.2, 0.25) is 0 Å². The quantitative estimate of drug-likeness (QED) is 0.721.